The summed E-state index contributed by atoms with van der Waals surface area (Å²) < 4.78 is 5.65. The summed E-state index contributed by atoms with van der Waals surface area (Å²) in [6.45, 7) is 0.187. The maximum atomic E-state index is 12.8. The lowest BCUT2D eigenvalue weighted by atomic mass is 9.96. The van der Waals surface area contributed by atoms with Crippen molar-refractivity contribution in [1.29, 1.82) is 0 Å². The molecule has 0 heterocycles. The second-order valence-corrected chi connectivity index (χ2v) is 8.22. The highest BCUT2D eigenvalue weighted by Gasteiger charge is 2.29. The van der Waals surface area contributed by atoms with E-state index in [-0.39, 0.29) is 18.9 Å². The summed E-state index contributed by atoms with van der Waals surface area (Å²) in [7, 11) is 0. The number of hydrogen-bond acceptors (Lipinski definition) is 3. The smallest absolute Gasteiger partial charge is 0.411 e. The van der Waals surface area contributed by atoms with Gasteiger partial charge in [-0.15, -0.1) is 0 Å². The summed E-state index contributed by atoms with van der Waals surface area (Å²) in [6.07, 6.45) is -0.831. The van der Waals surface area contributed by atoms with Crippen LogP contribution in [0, 0.1) is 0 Å². The van der Waals surface area contributed by atoms with Crippen molar-refractivity contribution in [2.75, 3.05) is 11.9 Å². The molecule has 168 valence electrons. The molecule has 0 spiro atoms. The Morgan fingerprint density at radius 3 is 1.97 bits per heavy atom. The molecule has 0 aromatic heterocycles. The number of carbonyl (C=O) groups is 2. The van der Waals surface area contributed by atoms with Crippen LogP contribution in [0.2, 0.25) is 0 Å². The number of anilines is 1. The van der Waals surface area contributed by atoms with E-state index < -0.39 is 12.1 Å². The highest BCUT2D eigenvalue weighted by Crippen LogP contribution is 2.44. The molecule has 0 fully saturated rings. The Hall–Kier alpha value is -4.38. The molecule has 0 unspecified atom stereocenters. The molecule has 0 atom stereocenters. The topological polar surface area (TPSA) is 75.6 Å². The molecule has 2 N–H and O–H groups in total. The standard InChI is InChI=1S/C29H23NO4/c31-28(32)17-25-20(19-9-2-1-3-10-19)15-8-16-27(25)30-29(33)34-18-26-23-13-6-4-11-21(23)22-12-5-7-14-24(22)26/h1-16,26H,17-18H2,(H,30,33)(H,31,32). The third kappa shape index (κ3) is 4.16. The molecular formula is C29H23NO4. The number of hydrogen-bond donors (Lipinski definition) is 2. The van der Waals surface area contributed by atoms with E-state index in [1.807, 2.05) is 60.7 Å². The van der Waals surface area contributed by atoms with Gasteiger partial charge in [0.2, 0.25) is 0 Å². The number of carbonyl (C=O) groups excluding carboxylic acids is 1. The molecule has 1 aliphatic carbocycles. The van der Waals surface area contributed by atoms with E-state index in [0.29, 0.717) is 11.3 Å². The molecule has 0 radical (unpaired) electrons. The van der Waals surface area contributed by atoms with Crippen molar-refractivity contribution in [1.82, 2.24) is 0 Å². The van der Waals surface area contributed by atoms with Crippen LogP contribution in [0.5, 0.6) is 0 Å². The van der Waals surface area contributed by atoms with Crippen LogP contribution in [-0.4, -0.2) is 23.8 Å². The minimum atomic E-state index is -0.973. The fourth-order valence-electron chi connectivity index (χ4n) is 4.68. The molecule has 34 heavy (non-hydrogen) atoms. The van der Waals surface area contributed by atoms with Crippen LogP contribution in [0.15, 0.2) is 97.1 Å². The van der Waals surface area contributed by atoms with Crippen LogP contribution >= 0.6 is 0 Å². The van der Waals surface area contributed by atoms with E-state index >= 15 is 0 Å². The number of amides is 1. The number of aliphatic carboxylic acids is 1. The highest BCUT2D eigenvalue weighted by molar-refractivity contribution is 5.90. The van der Waals surface area contributed by atoms with Crippen molar-refractivity contribution in [3.8, 4) is 22.3 Å². The Bertz CT molecular complexity index is 1320. The number of ether oxygens (including phenoxy) is 1. The monoisotopic (exact) mass is 449 g/mol. The maximum absolute atomic E-state index is 12.8. The van der Waals surface area contributed by atoms with Gasteiger partial charge in [-0.1, -0.05) is 91.0 Å². The molecule has 0 aliphatic heterocycles. The summed E-state index contributed by atoms with van der Waals surface area (Å²) >= 11 is 0. The average molecular weight is 450 g/mol. The zero-order chi connectivity index (χ0) is 23.5. The normalized spacial score (nSPS) is 12.0. The molecule has 5 heteroatoms. The zero-order valence-electron chi connectivity index (χ0n) is 18.4. The van der Waals surface area contributed by atoms with E-state index in [1.54, 1.807) is 12.1 Å². The van der Waals surface area contributed by atoms with E-state index in [9.17, 15) is 14.7 Å². The maximum Gasteiger partial charge on any atom is 0.411 e. The number of carboxylic acid groups (broad SMARTS) is 1. The molecule has 0 saturated heterocycles. The van der Waals surface area contributed by atoms with Crippen molar-refractivity contribution in [3.63, 3.8) is 0 Å². The molecular weight excluding hydrogens is 426 g/mol. The van der Waals surface area contributed by atoms with Gasteiger partial charge in [-0.25, -0.2) is 4.79 Å². The number of benzene rings is 4. The summed E-state index contributed by atoms with van der Waals surface area (Å²) in [5, 5.41) is 12.3. The van der Waals surface area contributed by atoms with Gasteiger partial charge in [0, 0.05) is 11.6 Å². The molecule has 5 rings (SSSR count). The molecule has 1 aliphatic rings. The Balaban J connectivity index is 1.37. The van der Waals surface area contributed by atoms with Gasteiger partial charge in [0.1, 0.15) is 6.61 Å². The Morgan fingerprint density at radius 2 is 1.32 bits per heavy atom. The van der Waals surface area contributed by atoms with Crippen LogP contribution in [-0.2, 0) is 16.0 Å². The van der Waals surface area contributed by atoms with E-state index in [0.717, 1.165) is 33.4 Å². The molecule has 4 aromatic carbocycles. The zero-order valence-corrected chi connectivity index (χ0v) is 18.4. The Morgan fingerprint density at radius 1 is 0.735 bits per heavy atom. The lowest BCUT2D eigenvalue weighted by molar-refractivity contribution is -0.136. The first kappa shape index (κ1) is 21.5. The number of nitrogens with one attached hydrogen (secondary N) is 1. The fourth-order valence-corrected chi connectivity index (χ4v) is 4.68. The Kier molecular flexibility index (Phi) is 5.83. The van der Waals surface area contributed by atoms with Gasteiger partial charge in [-0.2, -0.15) is 0 Å². The van der Waals surface area contributed by atoms with Crippen LogP contribution in [0.4, 0.5) is 10.5 Å². The third-order valence-electron chi connectivity index (χ3n) is 6.17. The van der Waals surface area contributed by atoms with Gasteiger partial charge in [-0.3, -0.25) is 10.1 Å². The predicted octanol–water partition coefficient (Wildman–Crippen LogP) is 6.34. The third-order valence-corrected chi connectivity index (χ3v) is 6.17. The van der Waals surface area contributed by atoms with Crippen LogP contribution in [0.25, 0.3) is 22.3 Å². The minimum absolute atomic E-state index is 0.0488. The van der Waals surface area contributed by atoms with Crippen LogP contribution in [0.1, 0.15) is 22.6 Å². The number of rotatable bonds is 6. The lowest BCUT2D eigenvalue weighted by Gasteiger charge is -2.17. The first-order chi connectivity index (χ1) is 16.6. The van der Waals surface area contributed by atoms with E-state index in [1.165, 1.54) is 0 Å². The number of carboxylic acids is 1. The minimum Gasteiger partial charge on any atom is -0.481 e. The van der Waals surface area contributed by atoms with Crippen molar-refractivity contribution >= 4 is 17.7 Å². The average Bonchev–Trinajstić information content (AvgIpc) is 3.18. The first-order valence-corrected chi connectivity index (χ1v) is 11.1. The fraction of sp³-hybridized carbons (Fsp3) is 0.103. The summed E-state index contributed by atoms with van der Waals surface area (Å²) in [5.41, 5.74) is 7.20. The van der Waals surface area contributed by atoms with Gasteiger partial charge in [0.25, 0.3) is 0 Å². The van der Waals surface area contributed by atoms with Crippen molar-refractivity contribution in [2.24, 2.45) is 0 Å². The van der Waals surface area contributed by atoms with Gasteiger partial charge in [-0.05, 0) is 45.0 Å². The van der Waals surface area contributed by atoms with E-state index in [4.69, 9.17) is 4.74 Å². The largest absolute Gasteiger partial charge is 0.481 e. The SMILES string of the molecule is O=C(O)Cc1c(NC(=O)OCC2c3ccccc3-c3ccccc32)cccc1-c1ccccc1. The summed E-state index contributed by atoms with van der Waals surface area (Å²) in [4.78, 5) is 24.4. The van der Waals surface area contributed by atoms with Crippen molar-refractivity contribution < 1.29 is 19.4 Å². The highest BCUT2D eigenvalue weighted by atomic mass is 16.5. The quantitative estimate of drug-likeness (QED) is 0.360. The van der Waals surface area contributed by atoms with Gasteiger partial charge in [0.05, 0.1) is 6.42 Å². The van der Waals surface area contributed by atoms with Crippen LogP contribution < -0.4 is 5.32 Å². The van der Waals surface area contributed by atoms with Gasteiger partial charge >= 0.3 is 12.1 Å². The summed E-state index contributed by atoms with van der Waals surface area (Å²) in [6, 6.07) is 31.2. The van der Waals surface area contributed by atoms with Crippen molar-refractivity contribution in [2.45, 2.75) is 12.3 Å². The van der Waals surface area contributed by atoms with Gasteiger partial charge in [0.15, 0.2) is 0 Å². The predicted molar refractivity (Wildman–Crippen MR) is 132 cm³/mol. The lowest BCUT2D eigenvalue weighted by Crippen LogP contribution is -2.19. The van der Waals surface area contributed by atoms with E-state index in [2.05, 4.69) is 29.6 Å². The molecule has 1 amide bonds. The molecule has 4 aromatic rings. The van der Waals surface area contributed by atoms with Crippen molar-refractivity contribution in [3.05, 3.63) is 114 Å². The first-order valence-electron chi connectivity index (χ1n) is 11.1. The van der Waals surface area contributed by atoms with Crippen LogP contribution in [0.3, 0.4) is 0 Å². The molecule has 0 saturated carbocycles. The Labute approximate surface area is 197 Å². The number of fused-ring (bicyclic) bond motifs is 3. The van der Waals surface area contributed by atoms with Gasteiger partial charge < -0.3 is 9.84 Å². The second-order valence-electron chi connectivity index (χ2n) is 8.22. The summed E-state index contributed by atoms with van der Waals surface area (Å²) in [5.74, 6) is -1.02. The molecule has 0 bridgehead atoms. The molecule has 5 nitrogen and oxygen atoms in total. The second kappa shape index (κ2) is 9.24.